The van der Waals surface area contributed by atoms with Gasteiger partial charge >= 0.3 is 0 Å². The molecule has 1 aliphatic rings. The number of nitrogens with one attached hydrogen (secondary N) is 1. The standard InChI is InChI=1S/C21H22N6O/c1-25-11-17(10-24-25)14-3-4-19-16(7-14)8-20(26(19)2)21(28)9-18(23)15-5-6-27(12-15)13-22/h3-4,7-8,10-11,15,23H,5-6,9,12H2,1-2H3. The van der Waals surface area contributed by atoms with E-state index >= 15 is 0 Å². The molecule has 0 amide bonds. The van der Waals surface area contributed by atoms with Crippen molar-refractivity contribution in [2.45, 2.75) is 12.8 Å². The van der Waals surface area contributed by atoms with Crippen LogP contribution < -0.4 is 0 Å². The number of fused-ring (bicyclic) bond motifs is 1. The molecule has 0 bridgehead atoms. The highest BCUT2D eigenvalue weighted by Gasteiger charge is 2.27. The molecule has 1 aromatic carbocycles. The number of carbonyl (C=O) groups is 1. The smallest absolute Gasteiger partial charge is 0.184 e. The maximum Gasteiger partial charge on any atom is 0.184 e. The molecular weight excluding hydrogens is 352 g/mol. The molecule has 1 fully saturated rings. The molecule has 0 radical (unpaired) electrons. The molecule has 7 heteroatoms. The molecule has 4 rings (SSSR count). The Morgan fingerprint density at radius 3 is 2.82 bits per heavy atom. The Bertz CT molecular complexity index is 1120. The molecule has 1 atom stereocenters. The van der Waals surface area contributed by atoms with Crippen molar-refractivity contribution in [1.82, 2.24) is 19.2 Å². The lowest BCUT2D eigenvalue weighted by atomic mass is 9.97. The maximum atomic E-state index is 12.9. The molecule has 1 saturated heterocycles. The van der Waals surface area contributed by atoms with Crippen LogP contribution in [0, 0.1) is 22.8 Å². The Kier molecular flexibility index (Phi) is 4.47. The number of ketones is 1. The zero-order chi connectivity index (χ0) is 19.8. The van der Waals surface area contributed by atoms with Crippen molar-refractivity contribution in [2.24, 2.45) is 20.0 Å². The van der Waals surface area contributed by atoms with Crippen molar-refractivity contribution in [3.8, 4) is 17.3 Å². The molecule has 28 heavy (non-hydrogen) atoms. The van der Waals surface area contributed by atoms with Gasteiger partial charge in [-0.2, -0.15) is 10.4 Å². The maximum absolute atomic E-state index is 12.9. The molecule has 7 nitrogen and oxygen atoms in total. The molecule has 3 aromatic rings. The van der Waals surface area contributed by atoms with Crippen LogP contribution in [0.25, 0.3) is 22.0 Å². The number of benzene rings is 1. The van der Waals surface area contributed by atoms with Gasteiger partial charge in [0.25, 0.3) is 0 Å². The number of hydrogen-bond acceptors (Lipinski definition) is 5. The van der Waals surface area contributed by atoms with Gasteiger partial charge in [-0.1, -0.05) is 6.07 Å². The van der Waals surface area contributed by atoms with E-state index in [2.05, 4.69) is 17.4 Å². The van der Waals surface area contributed by atoms with Crippen LogP contribution in [0.3, 0.4) is 0 Å². The largest absolute Gasteiger partial charge is 0.341 e. The highest BCUT2D eigenvalue weighted by Crippen LogP contribution is 2.27. The quantitative estimate of drug-likeness (QED) is 0.422. The minimum absolute atomic E-state index is 0.00420. The lowest BCUT2D eigenvalue weighted by Gasteiger charge is -2.11. The number of aromatic nitrogens is 3. The second kappa shape index (κ2) is 6.97. The molecule has 1 unspecified atom stereocenters. The summed E-state index contributed by atoms with van der Waals surface area (Å²) in [4.78, 5) is 14.5. The van der Waals surface area contributed by atoms with E-state index in [0.29, 0.717) is 24.5 Å². The van der Waals surface area contributed by atoms with Crippen LogP contribution >= 0.6 is 0 Å². The van der Waals surface area contributed by atoms with Gasteiger partial charge in [0.1, 0.15) is 0 Å². The first kappa shape index (κ1) is 18.0. The summed E-state index contributed by atoms with van der Waals surface area (Å²) in [6.07, 6.45) is 6.78. The number of carbonyl (C=O) groups excluding carboxylic acids is 1. The first-order valence-electron chi connectivity index (χ1n) is 9.30. The Labute approximate surface area is 163 Å². The number of likely N-dealkylation sites (tertiary alicyclic amines) is 1. The number of rotatable bonds is 5. The molecule has 1 N–H and O–H groups in total. The van der Waals surface area contributed by atoms with Gasteiger partial charge in [0.2, 0.25) is 0 Å². The summed E-state index contributed by atoms with van der Waals surface area (Å²) in [6, 6.07) is 8.02. The van der Waals surface area contributed by atoms with Crippen LogP contribution in [0.5, 0.6) is 0 Å². The molecule has 0 saturated carbocycles. The van der Waals surface area contributed by atoms with Crippen LogP contribution in [-0.2, 0) is 14.1 Å². The molecule has 3 heterocycles. The van der Waals surface area contributed by atoms with Gasteiger partial charge in [-0.3, -0.25) is 9.48 Å². The minimum atomic E-state index is -0.0537. The van der Waals surface area contributed by atoms with E-state index in [-0.39, 0.29) is 18.1 Å². The Hall–Kier alpha value is -3.40. The van der Waals surface area contributed by atoms with E-state index in [1.165, 1.54) is 0 Å². The summed E-state index contributed by atoms with van der Waals surface area (Å²) < 4.78 is 3.66. The summed E-state index contributed by atoms with van der Waals surface area (Å²) in [6.45, 7) is 1.22. The average molecular weight is 374 g/mol. The summed E-state index contributed by atoms with van der Waals surface area (Å²) in [5, 5.41) is 22.5. The lowest BCUT2D eigenvalue weighted by Crippen LogP contribution is -2.21. The predicted molar refractivity (Wildman–Crippen MR) is 107 cm³/mol. The molecule has 1 aliphatic heterocycles. The van der Waals surface area contributed by atoms with Crippen LogP contribution in [0.1, 0.15) is 23.3 Å². The van der Waals surface area contributed by atoms with Gasteiger partial charge in [0.15, 0.2) is 12.0 Å². The zero-order valence-electron chi connectivity index (χ0n) is 16.0. The fourth-order valence-corrected chi connectivity index (χ4v) is 3.91. The van der Waals surface area contributed by atoms with E-state index in [1.54, 1.807) is 9.58 Å². The van der Waals surface area contributed by atoms with E-state index in [1.807, 2.05) is 49.3 Å². The number of hydrogen-bond donors (Lipinski definition) is 1. The first-order chi connectivity index (χ1) is 13.5. The first-order valence-corrected chi connectivity index (χ1v) is 9.30. The summed E-state index contributed by atoms with van der Waals surface area (Å²) in [7, 11) is 3.77. The van der Waals surface area contributed by atoms with Crippen molar-refractivity contribution >= 4 is 22.4 Å². The third kappa shape index (κ3) is 3.18. The minimum Gasteiger partial charge on any atom is -0.341 e. The van der Waals surface area contributed by atoms with Crippen LogP contribution in [0.15, 0.2) is 36.7 Å². The molecular formula is C21H22N6O. The van der Waals surface area contributed by atoms with E-state index in [4.69, 9.17) is 10.7 Å². The number of aryl methyl sites for hydroxylation is 2. The average Bonchev–Trinajstić information content (AvgIpc) is 3.40. The zero-order valence-corrected chi connectivity index (χ0v) is 16.0. The SMILES string of the molecule is Cn1cc(-c2ccc3c(c2)cc(C(=O)CC(=N)C2CCN(C#N)C2)n3C)cn1. The Morgan fingerprint density at radius 2 is 2.14 bits per heavy atom. The van der Waals surface area contributed by atoms with Crippen molar-refractivity contribution in [1.29, 1.82) is 10.7 Å². The normalized spacial score (nSPS) is 16.5. The van der Waals surface area contributed by atoms with Crippen LogP contribution in [0.4, 0.5) is 0 Å². The predicted octanol–water partition coefficient (Wildman–Crippen LogP) is 2.97. The molecule has 0 spiro atoms. The van der Waals surface area contributed by atoms with E-state index in [0.717, 1.165) is 28.5 Å². The number of nitrogens with zero attached hydrogens (tertiary/aromatic N) is 5. The van der Waals surface area contributed by atoms with Crippen molar-refractivity contribution in [3.05, 3.63) is 42.4 Å². The van der Waals surface area contributed by atoms with E-state index in [9.17, 15) is 4.79 Å². The van der Waals surface area contributed by atoms with Gasteiger partial charge in [0.05, 0.1) is 18.3 Å². The second-order valence-electron chi connectivity index (χ2n) is 7.42. The third-order valence-corrected chi connectivity index (χ3v) is 5.54. The lowest BCUT2D eigenvalue weighted by molar-refractivity contribution is 0.0992. The molecule has 142 valence electrons. The summed E-state index contributed by atoms with van der Waals surface area (Å²) in [5.41, 5.74) is 4.10. The van der Waals surface area contributed by atoms with Gasteiger partial charge < -0.3 is 14.9 Å². The van der Waals surface area contributed by atoms with Crippen molar-refractivity contribution < 1.29 is 4.79 Å². The Balaban J connectivity index is 1.56. The second-order valence-corrected chi connectivity index (χ2v) is 7.42. The summed E-state index contributed by atoms with van der Waals surface area (Å²) >= 11 is 0. The van der Waals surface area contributed by atoms with Gasteiger partial charge in [-0.25, -0.2) is 0 Å². The van der Waals surface area contributed by atoms with Crippen molar-refractivity contribution in [3.63, 3.8) is 0 Å². The number of Topliss-reactive ketones (excluding diaryl/α,β-unsaturated/α-hetero) is 1. The topological polar surface area (TPSA) is 90.7 Å². The molecule has 2 aromatic heterocycles. The van der Waals surface area contributed by atoms with Crippen LogP contribution in [-0.4, -0.2) is 43.8 Å². The van der Waals surface area contributed by atoms with E-state index < -0.39 is 0 Å². The van der Waals surface area contributed by atoms with Crippen LogP contribution in [0.2, 0.25) is 0 Å². The van der Waals surface area contributed by atoms with Gasteiger partial charge in [-0.05, 0) is 30.2 Å². The number of nitriles is 1. The fraction of sp³-hybridized carbons (Fsp3) is 0.333. The van der Waals surface area contributed by atoms with Gasteiger partial charge in [-0.15, -0.1) is 0 Å². The highest BCUT2D eigenvalue weighted by atomic mass is 16.1. The molecule has 0 aliphatic carbocycles. The fourth-order valence-electron chi connectivity index (χ4n) is 3.91. The van der Waals surface area contributed by atoms with Gasteiger partial charge in [0, 0.05) is 61.5 Å². The highest BCUT2D eigenvalue weighted by molar-refractivity contribution is 6.10. The van der Waals surface area contributed by atoms with Crippen molar-refractivity contribution in [2.75, 3.05) is 13.1 Å². The third-order valence-electron chi connectivity index (χ3n) is 5.54. The summed E-state index contributed by atoms with van der Waals surface area (Å²) in [5.74, 6) is -0.0579. The Morgan fingerprint density at radius 1 is 1.32 bits per heavy atom. The monoisotopic (exact) mass is 374 g/mol.